The van der Waals surface area contributed by atoms with Gasteiger partial charge < -0.3 is 5.11 Å². The summed E-state index contributed by atoms with van der Waals surface area (Å²) in [6, 6.07) is 0. The van der Waals surface area contributed by atoms with Crippen molar-refractivity contribution in [1.82, 2.24) is 0 Å². The molecule has 0 aliphatic rings. The number of thioether (sulfide) groups is 1. The number of aliphatic carboxylic acids is 1. The molecule has 2 nitrogen and oxygen atoms in total. The molecule has 0 saturated heterocycles. The third-order valence-electron chi connectivity index (χ3n) is 2.82. The molecule has 0 rings (SSSR count). The molecule has 0 aliphatic heterocycles. The number of carboxylic acid groups (broad SMARTS) is 1. The van der Waals surface area contributed by atoms with Crippen LogP contribution in [0.1, 0.15) is 71.1 Å². The van der Waals surface area contributed by atoms with E-state index in [4.69, 9.17) is 5.11 Å². The SMILES string of the molecule is CCCCCCCCSCCCCCC(=O)O. The Hall–Kier alpha value is -0.180. The van der Waals surface area contributed by atoms with Crippen molar-refractivity contribution < 1.29 is 9.90 Å². The standard InChI is InChI=1S/C14H28O2S/c1-2-3-4-5-6-9-12-17-13-10-7-8-11-14(15)16/h2-13H2,1H3,(H,15,16). The molecule has 0 bridgehead atoms. The first-order valence-corrected chi connectivity index (χ1v) is 8.22. The number of rotatable bonds is 13. The minimum absolute atomic E-state index is 0.335. The van der Waals surface area contributed by atoms with E-state index in [1.165, 1.54) is 56.5 Å². The van der Waals surface area contributed by atoms with Crippen LogP contribution in [0.3, 0.4) is 0 Å². The lowest BCUT2D eigenvalue weighted by atomic mass is 10.1. The molecular weight excluding hydrogens is 232 g/mol. The Morgan fingerprint density at radius 3 is 2.00 bits per heavy atom. The van der Waals surface area contributed by atoms with Crippen LogP contribution >= 0.6 is 11.8 Å². The zero-order valence-electron chi connectivity index (χ0n) is 11.2. The molecule has 0 aromatic rings. The van der Waals surface area contributed by atoms with E-state index in [2.05, 4.69) is 6.92 Å². The average molecular weight is 260 g/mol. The Morgan fingerprint density at radius 1 is 0.882 bits per heavy atom. The van der Waals surface area contributed by atoms with Gasteiger partial charge in [-0.3, -0.25) is 4.79 Å². The molecule has 1 N–H and O–H groups in total. The van der Waals surface area contributed by atoms with Gasteiger partial charge in [0.15, 0.2) is 0 Å². The first-order chi connectivity index (χ1) is 8.27. The summed E-state index contributed by atoms with van der Waals surface area (Å²) in [7, 11) is 0. The van der Waals surface area contributed by atoms with Crippen LogP contribution in [0.2, 0.25) is 0 Å². The predicted molar refractivity (Wildman–Crippen MR) is 76.8 cm³/mol. The van der Waals surface area contributed by atoms with E-state index in [0.717, 1.165) is 12.8 Å². The molecule has 0 fully saturated rings. The lowest BCUT2D eigenvalue weighted by Crippen LogP contribution is -1.94. The van der Waals surface area contributed by atoms with E-state index in [1.54, 1.807) is 0 Å². The van der Waals surface area contributed by atoms with Gasteiger partial charge in [-0.1, -0.05) is 45.4 Å². The zero-order valence-corrected chi connectivity index (χ0v) is 12.1. The van der Waals surface area contributed by atoms with Crippen LogP contribution < -0.4 is 0 Å². The van der Waals surface area contributed by atoms with Gasteiger partial charge >= 0.3 is 5.97 Å². The second-order valence-electron chi connectivity index (χ2n) is 4.58. The Morgan fingerprint density at radius 2 is 1.41 bits per heavy atom. The second kappa shape index (κ2) is 13.9. The van der Waals surface area contributed by atoms with Gasteiger partial charge in [-0.2, -0.15) is 11.8 Å². The first-order valence-electron chi connectivity index (χ1n) is 7.07. The van der Waals surface area contributed by atoms with Gasteiger partial charge in [0.25, 0.3) is 0 Å². The van der Waals surface area contributed by atoms with Crippen LogP contribution in [0, 0.1) is 0 Å². The van der Waals surface area contributed by atoms with Crippen molar-refractivity contribution in [3.8, 4) is 0 Å². The van der Waals surface area contributed by atoms with Gasteiger partial charge in [0, 0.05) is 6.42 Å². The quantitative estimate of drug-likeness (QED) is 0.487. The fourth-order valence-electron chi connectivity index (χ4n) is 1.74. The predicted octanol–water partition coefficient (Wildman–Crippen LogP) is 4.73. The summed E-state index contributed by atoms with van der Waals surface area (Å²) < 4.78 is 0. The molecule has 0 heterocycles. The molecule has 0 radical (unpaired) electrons. The summed E-state index contributed by atoms with van der Waals surface area (Å²) in [4.78, 5) is 10.3. The number of hydrogen-bond donors (Lipinski definition) is 1. The van der Waals surface area contributed by atoms with Crippen LogP contribution in [-0.2, 0) is 4.79 Å². The van der Waals surface area contributed by atoms with Crippen molar-refractivity contribution in [1.29, 1.82) is 0 Å². The molecule has 3 heteroatoms. The highest BCUT2D eigenvalue weighted by atomic mass is 32.2. The van der Waals surface area contributed by atoms with Crippen LogP contribution in [0.25, 0.3) is 0 Å². The van der Waals surface area contributed by atoms with Crippen LogP contribution in [0.15, 0.2) is 0 Å². The van der Waals surface area contributed by atoms with E-state index in [9.17, 15) is 4.79 Å². The van der Waals surface area contributed by atoms with Gasteiger partial charge in [-0.25, -0.2) is 0 Å². The van der Waals surface area contributed by atoms with Gasteiger partial charge in [-0.05, 0) is 30.8 Å². The Kier molecular flexibility index (Phi) is 13.7. The minimum Gasteiger partial charge on any atom is -0.481 e. The highest BCUT2D eigenvalue weighted by molar-refractivity contribution is 7.99. The molecule has 0 aromatic carbocycles. The Bertz CT molecular complexity index is 172. The van der Waals surface area contributed by atoms with Gasteiger partial charge in [0.05, 0.1) is 0 Å². The van der Waals surface area contributed by atoms with Crippen molar-refractivity contribution in [3.63, 3.8) is 0 Å². The van der Waals surface area contributed by atoms with E-state index in [-0.39, 0.29) is 0 Å². The highest BCUT2D eigenvalue weighted by Crippen LogP contribution is 2.12. The summed E-state index contributed by atoms with van der Waals surface area (Å²) in [5.41, 5.74) is 0. The number of unbranched alkanes of at least 4 members (excludes halogenated alkanes) is 7. The lowest BCUT2D eigenvalue weighted by molar-refractivity contribution is -0.137. The topological polar surface area (TPSA) is 37.3 Å². The lowest BCUT2D eigenvalue weighted by Gasteiger charge is -2.02. The normalized spacial score (nSPS) is 10.6. The van der Waals surface area contributed by atoms with Crippen molar-refractivity contribution in [3.05, 3.63) is 0 Å². The largest absolute Gasteiger partial charge is 0.481 e. The smallest absolute Gasteiger partial charge is 0.303 e. The Labute approximate surface area is 111 Å². The molecule has 0 spiro atoms. The molecule has 0 aliphatic carbocycles. The first kappa shape index (κ1) is 16.8. The van der Waals surface area contributed by atoms with Crippen molar-refractivity contribution in [2.24, 2.45) is 0 Å². The molecule has 102 valence electrons. The Balaban J connectivity index is 2.91. The second-order valence-corrected chi connectivity index (χ2v) is 5.81. The zero-order chi connectivity index (χ0) is 12.8. The van der Waals surface area contributed by atoms with Crippen LogP contribution in [0.5, 0.6) is 0 Å². The summed E-state index contributed by atoms with van der Waals surface area (Å²) in [6.07, 6.45) is 11.7. The van der Waals surface area contributed by atoms with Crippen molar-refractivity contribution in [2.45, 2.75) is 71.1 Å². The molecule has 0 amide bonds. The maximum Gasteiger partial charge on any atom is 0.303 e. The highest BCUT2D eigenvalue weighted by Gasteiger charge is 1.96. The number of hydrogen-bond acceptors (Lipinski definition) is 2. The van der Waals surface area contributed by atoms with Crippen molar-refractivity contribution >= 4 is 17.7 Å². The van der Waals surface area contributed by atoms with E-state index >= 15 is 0 Å². The number of carbonyl (C=O) groups is 1. The molecule has 0 unspecified atom stereocenters. The van der Waals surface area contributed by atoms with Gasteiger partial charge in [-0.15, -0.1) is 0 Å². The number of carboxylic acids is 1. The summed E-state index contributed by atoms with van der Waals surface area (Å²) in [5, 5.41) is 8.47. The van der Waals surface area contributed by atoms with E-state index in [1.807, 2.05) is 11.8 Å². The molecule has 0 aromatic heterocycles. The summed E-state index contributed by atoms with van der Waals surface area (Å²) in [5.74, 6) is 1.82. The van der Waals surface area contributed by atoms with Crippen LogP contribution in [0.4, 0.5) is 0 Å². The average Bonchev–Trinajstić information content (AvgIpc) is 2.30. The molecule has 17 heavy (non-hydrogen) atoms. The summed E-state index contributed by atoms with van der Waals surface area (Å²) in [6.45, 7) is 2.25. The third-order valence-corrected chi connectivity index (χ3v) is 3.98. The van der Waals surface area contributed by atoms with E-state index < -0.39 is 5.97 Å². The summed E-state index contributed by atoms with van der Waals surface area (Å²) >= 11 is 2.03. The fourth-order valence-corrected chi connectivity index (χ4v) is 2.76. The minimum atomic E-state index is -0.662. The maximum absolute atomic E-state index is 10.3. The third kappa shape index (κ3) is 15.8. The van der Waals surface area contributed by atoms with Crippen molar-refractivity contribution in [2.75, 3.05) is 11.5 Å². The fraction of sp³-hybridized carbons (Fsp3) is 0.929. The van der Waals surface area contributed by atoms with E-state index in [0.29, 0.717) is 6.42 Å². The molecule has 0 atom stereocenters. The molecular formula is C14H28O2S. The maximum atomic E-state index is 10.3. The monoisotopic (exact) mass is 260 g/mol. The van der Waals surface area contributed by atoms with Gasteiger partial charge in [0.1, 0.15) is 0 Å². The molecule has 0 saturated carbocycles. The van der Waals surface area contributed by atoms with Gasteiger partial charge in [0.2, 0.25) is 0 Å². The van der Waals surface area contributed by atoms with Crippen LogP contribution in [-0.4, -0.2) is 22.6 Å².